The molecule has 0 radical (unpaired) electrons. The third-order valence-corrected chi connectivity index (χ3v) is 5.94. The summed E-state index contributed by atoms with van der Waals surface area (Å²) < 4.78 is 13.3. The van der Waals surface area contributed by atoms with Crippen molar-refractivity contribution in [2.45, 2.75) is 37.1 Å². The molecule has 5 N–H and O–H groups in total. The maximum Gasteiger partial charge on any atom is 0.229 e. The summed E-state index contributed by atoms with van der Waals surface area (Å²) in [5.41, 5.74) is 3.89. The van der Waals surface area contributed by atoms with E-state index in [0.29, 0.717) is 12.2 Å². The van der Waals surface area contributed by atoms with Crippen molar-refractivity contribution < 1.29 is 29.9 Å². The molecule has 0 spiro atoms. The summed E-state index contributed by atoms with van der Waals surface area (Å²) in [6.45, 7) is -0.515. The number of aliphatic hydroxyl groups excluding tert-OH is 4. The molecule has 4 aromatic rings. The van der Waals surface area contributed by atoms with Gasteiger partial charge in [-0.2, -0.15) is 5.10 Å². The molecule has 2 aromatic carbocycles. The van der Waals surface area contributed by atoms with Crippen molar-refractivity contribution in [1.29, 1.82) is 0 Å². The molecule has 1 saturated heterocycles. The van der Waals surface area contributed by atoms with Gasteiger partial charge in [-0.3, -0.25) is 0 Å². The highest BCUT2D eigenvalue weighted by Crippen LogP contribution is 2.33. The SMILES string of the molecule is OC[C@H]1O[C@@H](Oc2cccc3[nH]cc(Cc4ccc(-n5cccn5)cc4)c23)[C@H](O)[C@@H](O)[C@@H]1O. The lowest BCUT2D eigenvalue weighted by Gasteiger charge is -2.39. The van der Waals surface area contributed by atoms with Crippen LogP contribution in [0, 0.1) is 0 Å². The molecular weight excluding hydrogens is 426 g/mol. The molecule has 33 heavy (non-hydrogen) atoms. The van der Waals surface area contributed by atoms with Gasteiger partial charge >= 0.3 is 0 Å². The second-order valence-electron chi connectivity index (χ2n) is 8.10. The number of fused-ring (bicyclic) bond motifs is 1. The van der Waals surface area contributed by atoms with Crippen LogP contribution in [0.1, 0.15) is 11.1 Å². The van der Waals surface area contributed by atoms with Crippen molar-refractivity contribution >= 4 is 10.9 Å². The number of nitrogens with zero attached hydrogens (tertiary/aromatic N) is 2. The number of aromatic nitrogens is 3. The molecule has 1 aliphatic heterocycles. The Labute approximate surface area is 189 Å². The van der Waals surface area contributed by atoms with E-state index in [1.807, 2.05) is 48.8 Å². The first-order valence-electron chi connectivity index (χ1n) is 10.7. The molecule has 3 heterocycles. The molecule has 0 unspecified atom stereocenters. The number of H-pyrrole nitrogens is 1. The van der Waals surface area contributed by atoms with E-state index in [-0.39, 0.29) is 0 Å². The van der Waals surface area contributed by atoms with Gasteiger partial charge in [0.05, 0.1) is 12.3 Å². The van der Waals surface area contributed by atoms with Crippen LogP contribution in [0.15, 0.2) is 67.1 Å². The number of ether oxygens (including phenoxy) is 2. The van der Waals surface area contributed by atoms with E-state index >= 15 is 0 Å². The zero-order chi connectivity index (χ0) is 22.9. The molecule has 9 nitrogen and oxygen atoms in total. The Morgan fingerprint density at radius 3 is 2.55 bits per heavy atom. The van der Waals surface area contributed by atoms with Crippen molar-refractivity contribution in [3.63, 3.8) is 0 Å². The van der Waals surface area contributed by atoms with Crippen LogP contribution in [-0.2, 0) is 11.2 Å². The van der Waals surface area contributed by atoms with Crippen LogP contribution in [0.3, 0.4) is 0 Å². The number of hydrogen-bond acceptors (Lipinski definition) is 7. The molecule has 0 saturated carbocycles. The molecule has 9 heteroatoms. The second-order valence-corrected chi connectivity index (χ2v) is 8.10. The number of nitrogens with one attached hydrogen (secondary N) is 1. The summed E-state index contributed by atoms with van der Waals surface area (Å²) in [5, 5.41) is 44.9. The first kappa shape index (κ1) is 21.6. The Morgan fingerprint density at radius 1 is 1.00 bits per heavy atom. The average Bonchev–Trinajstić information content (AvgIpc) is 3.51. The number of hydrogen-bond donors (Lipinski definition) is 5. The Balaban J connectivity index is 1.41. The highest BCUT2D eigenvalue weighted by molar-refractivity contribution is 5.89. The average molecular weight is 451 g/mol. The van der Waals surface area contributed by atoms with Crippen LogP contribution in [-0.4, -0.2) is 72.5 Å². The van der Waals surface area contributed by atoms with Crippen LogP contribution >= 0.6 is 0 Å². The lowest BCUT2D eigenvalue weighted by molar-refractivity contribution is -0.277. The fourth-order valence-corrected chi connectivity index (χ4v) is 4.16. The van der Waals surface area contributed by atoms with Gasteiger partial charge in [0.15, 0.2) is 0 Å². The van der Waals surface area contributed by atoms with Crippen molar-refractivity contribution in [3.05, 3.63) is 78.2 Å². The Hall–Kier alpha value is -3.21. The zero-order valence-corrected chi connectivity index (χ0v) is 17.7. The maximum absolute atomic E-state index is 10.4. The van der Waals surface area contributed by atoms with Crippen molar-refractivity contribution in [1.82, 2.24) is 14.8 Å². The summed E-state index contributed by atoms with van der Waals surface area (Å²) >= 11 is 0. The molecule has 5 rings (SSSR count). The Kier molecular flexibility index (Phi) is 5.88. The number of rotatable bonds is 6. The molecule has 0 amide bonds. The molecular formula is C24H25N3O6. The normalized spacial score (nSPS) is 25.4. The van der Waals surface area contributed by atoms with Gasteiger partial charge in [0.1, 0.15) is 30.2 Å². The van der Waals surface area contributed by atoms with Crippen LogP contribution in [0.5, 0.6) is 5.75 Å². The minimum atomic E-state index is -1.50. The van der Waals surface area contributed by atoms with E-state index in [1.54, 1.807) is 23.0 Å². The van der Waals surface area contributed by atoms with E-state index in [1.165, 1.54) is 0 Å². The van der Waals surface area contributed by atoms with Gasteiger partial charge in [0, 0.05) is 29.5 Å². The first-order chi connectivity index (χ1) is 16.0. The number of benzene rings is 2. The molecule has 0 aliphatic carbocycles. The number of aromatic amines is 1. The molecule has 5 atom stereocenters. The largest absolute Gasteiger partial charge is 0.461 e. The maximum atomic E-state index is 10.4. The summed E-state index contributed by atoms with van der Waals surface area (Å²) in [4.78, 5) is 3.24. The summed E-state index contributed by atoms with van der Waals surface area (Å²) in [6.07, 6.45) is -0.536. The van der Waals surface area contributed by atoms with Crippen LogP contribution in [0.2, 0.25) is 0 Å². The van der Waals surface area contributed by atoms with E-state index in [2.05, 4.69) is 10.1 Å². The predicted octanol–water partition coefficient (Wildman–Crippen LogP) is 1.12. The monoisotopic (exact) mass is 451 g/mol. The van der Waals surface area contributed by atoms with Crippen molar-refractivity contribution in [2.24, 2.45) is 0 Å². The second kappa shape index (κ2) is 8.97. The van der Waals surface area contributed by atoms with Crippen molar-refractivity contribution in [2.75, 3.05) is 6.61 Å². The topological polar surface area (TPSA) is 133 Å². The van der Waals surface area contributed by atoms with Gasteiger partial charge in [-0.15, -0.1) is 0 Å². The van der Waals surface area contributed by atoms with Gasteiger partial charge < -0.3 is 34.9 Å². The highest BCUT2D eigenvalue weighted by atomic mass is 16.7. The van der Waals surface area contributed by atoms with Gasteiger partial charge in [-0.1, -0.05) is 18.2 Å². The quantitative estimate of drug-likeness (QED) is 0.297. The lowest BCUT2D eigenvalue weighted by atomic mass is 9.99. The van der Waals surface area contributed by atoms with E-state index in [0.717, 1.165) is 27.7 Å². The summed E-state index contributed by atoms with van der Waals surface area (Å²) in [7, 11) is 0. The van der Waals surface area contributed by atoms with Gasteiger partial charge in [-0.25, -0.2) is 4.68 Å². The minimum Gasteiger partial charge on any atom is -0.461 e. The third kappa shape index (κ3) is 4.12. The summed E-state index contributed by atoms with van der Waals surface area (Å²) in [6, 6.07) is 15.4. The molecule has 172 valence electrons. The molecule has 2 aromatic heterocycles. The van der Waals surface area contributed by atoms with E-state index in [9.17, 15) is 20.4 Å². The Morgan fingerprint density at radius 2 is 1.82 bits per heavy atom. The standard InChI is InChI=1S/C24H25N3O6/c28-13-19-21(29)22(30)23(31)24(33-19)32-18-4-1-3-17-20(18)15(12-25-17)11-14-5-7-16(8-6-14)27-10-2-9-26-27/h1-10,12,19,21-25,28-31H,11,13H2/t19-,21-,22+,23-,24-/m1/s1. The summed E-state index contributed by atoms with van der Waals surface area (Å²) in [5.74, 6) is 0.459. The van der Waals surface area contributed by atoms with E-state index in [4.69, 9.17) is 9.47 Å². The predicted molar refractivity (Wildman–Crippen MR) is 119 cm³/mol. The number of aliphatic hydroxyl groups is 4. The fraction of sp³-hybridized carbons (Fsp3) is 0.292. The first-order valence-corrected chi connectivity index (χ1v) is 10.7. The Bertz CT molecular complexity index is 1200. The van der Waals surface area contributed by atoms with Crippen LogP contribution < -0.4 is 4.74 Å². The van der Waals surface area contributed by atoms with Gasteiger partial charge in [0.25, 0.3) is 0 Å². The minimum absolute atomic E-state index is 0.459. The van der Waals surface area contributed by atoms with Crippen molar-refractivity contribution in [3.8, 4) is 11.4 Å². The molecule has 0 bridgehead atoms. The smallest absolute Gasteiger partial charge is 0.229 e. The van der Waals surface area contributed by atoms with Gasteiger partial charge in [0.2, 0.25) is 6.29 Å². The lowest BCUT2D eigenvalue weighted by Crippen LogP contribution is -2.60. The third-order valence-electron chi connectivity index (χ3n) is 5.94. The zero-order valence-electron chi connectivity index (χ0n) is 17.7. The van der Waals surface area contributed by atoms with Gasteiger partial charge in [-0.05, 0) is 47.9 Å². The van der Waals surface area contributed by atoms with Crippen LogP contribution in [0.4, 0.5) is 0 Å². The van der Waals surface area contributed by atoms with E-state index < -0.39 is 37.3 Å². The highest BCUT2D eigenvalue weighted by Gasteiger charge is 2.44. The van der Waals surface area contributed by atoms with Crippen LogP contribution in [0.25, 0.3) is 16.6 Å². The molecule has 1 aliphatic rings. The molecule has 1 fully saturated rings. The fourth-order valence-electron chi connectivity index (χ4n) is 4.16.